The van der Waals surface area contributed by atoms with Gasteiger partial charge in [-0.1, -0.05) is 32.0 Å². The van der Waals surface area contributed by atoms with E-state index in [0.717, 1.165) is 4.90 Å². The molecule has 1 aromatic rings. The van der Waals surface area contributed by atoms with Gasteiger partial charge in [0.15, 0.2) is 5.60 Å². The van der Waals surface area contributed by atoms with Crippen LogP contribution in [0.15, 0.2) is 24.3 Å². The van der Waals surface area contributed by atoms with Crippen molar-refractivity contribution in [1.82, 2.24) is 9.80 Å². The van der Waals surface area contributed by atoms with Gasteiger partial charge in [0.2, 0.25) is 11.8 Å². The summed E-state index contributed by atoms with van der Waals surface area (Å²) in [6.45, 7) is 3.65. The van der Waals surface area contributed by atoms with Gasteiger partial charge < -0.3 is 20.5 Å². The van der Waals surface area contributed by atoms with Crippen molar-refractivity contribution in [3.8, 4) is 0 Å². The molecule has 10 nitrogen and oxygen atoms in total. The molecular formula is C20H26N4O6. The fourth-order valence-electron chi connectivity index (χ4n) is 4.18. The molecule has 3 atom stereocenters. The zero-order chi connectivity index (χ0) is 22.2. The molecule has 0 saturated carbocycles. The molecule has 0 aromatic heterocycles. The Morgan fingerprint density at radius 3 is 2.63 bits per heavy atom. The van der Waals surface area contributed by atoms with E-state index in [9.17, 15) is 24.3 Å². The third kappa shape index (κ3) is 3.77. The van der Waals surface area contributed by atoms with Crippen LogP contribution in [0, 0.1) is 5.92 Å². The number of likely N-dealkylation sites (N-methyl/N-ethyl adjacent to an activating group) is 1. The number of ether oxygens (including phenoxy) is 1. The van der Waals surface area contributed by atoms with Gasteiger partial charge in [0.25, 0.3) is 0 Å². The number of benzene rings is 1. The van der Waals surface area contributed by atoms with Crippen LogP contribution in [0.4, 0.5) is 15.3 Å². The highest BCUT2D eigenvalue weighted by Crippen LogP contribution is 2.45. The molecule has 0 aliphatic carbocycles. The number of carboxylic acid groups (broad SMARTS) is 1. The van der Waals surface area contributed by atoms with E-state index in [2.05, 4.69) is 5.32 Å². The number of nitrogens with one attached hydrogen (secondary N) is 1. The molecule has 1 aromatic carbocycles. The van der Waals surface area contributed by atoms with E-state index in [0.29, 0.717) is 11.3 Å². The van der Waals surface area contributed by atoms with Gasteiger partial charge in [0.05, 0.1) is 12.2 Å². The summed E-state index contributed by atoms with van der Waals surface area (Å²) in [5.41, 5.74) is 5.52. The van der Waals surface area contributed by atoms with E-state index in [-0.39, 0.29) is 25.3 Å². The van der Waals surface area contributed by atoms with Gasteiger partial charge in [0, 0.05) is 19.0 Å². The number of primary amides is 1. The highest BCUT2D eigenvalue weighted by atomic mass is 16.6. The second-order valence-corrected chi connectivity index (χ2v) is 8.18. The number of nitrogens with zero attached hydrogens (tertiary/aromatic N) is 2. The van der Waals surface area contributed by atoms with Crippen molar-refractivity contribution in [1.29, 1.82) is 0 Å². The number of fused-ring (bicyclic) bond motifs is 2. The van der Waals surface area contributed by atoms with Crippen molar-refractivity contribution >= 4 is 29.7 Å². The minimum absolute atomic E-state index is 0.00366. The second-order valence-electron chi connectivity index (χ2n) is 8.18. The van der Waals surface area contributed by atoms with Gasteiger partial charge in [0.1, 0.15) is 12.1 Å². The minimum Gasteiger partial charge on any atom is -0.465 e. The molecule has 30 heavy (non-hydrogen) atoms. The molecule has 1 saturated heterocycles. The van der Waals surface area contributed by atoms with Crippen molar-refractivity contribution in [2.24, 2.45) is 11.7 Å². The van der Waals surface area contributed by atoms with Gasteiger partial charge in [-0.3, -0.25) is 19.8 Å². The molecule has 0 radical (unpaired) electrons. The fourth-order valence-corrected chi connectivity index (χ4v) is 4.18. The van der Waals surface area contributed by atoms with Crippen LogP contribution in [0.3, 0.4) is 0 Å². The average molecular weight is 418 g/mol. The lowest BCUT2D eigenvalue weighted by Gasteiger charge is -2.36. The van der Waals surface area contributed by atoms with E-state index >= 15 is 0 Å². The number of likely N-dealkylation sites (tertiary alicyclic amines) is 1. The summed E-state index contributed by atoms with van der Waals surface area (Å²) >= 11 is 0. The number of para-hydroxylation sites is 1. The highest BCUT2D eigenvalue weighted by molar-refractivity contribution is 5.93. The largest absolute Gasteiger partial charge is 0.465 e. The summed E-state index contributed by atoms with van der Waals surface area (Å²) in [4.78, 5) is 51.6. The Bertz CT molecular complexity index is 888. The first-order valence-corrected chi connectivity index (χ1v) is 9.71. The van der Waals surface area contributed by atoms with E-state index in [1.165, 1.54) is 11.9 Å². The summed E-state index contributed by atoms with van der Waals surface area (Å²) in [6, 6.07) is 4.96. The predicted octanol–water partition coefficient (Wildman–Crippen LogP) is 1.55. The monoisotopic (exact) mass is 418 g/mol. The third-order valence-electron chi connectivity index (χ3n) is 5.63. The van der Waals surface area contributed by atoms with Crippen LogP contribution >= 0.6 is 0 Å². The lowest BCUT2D eigenvalue weighted by Crippen LogP contribution is -2.53. The first kappa shape index (κ1) is 21.4. The van der Waals surface area contributed by atoms with E-state index < -0.39 is 41.7 Å². The van der Waals surface area contributed by atoms with E-state index in [4.69, 9.17) is 10.5 Å². The molecule has 2 aliphatic rings. The number of hydrogen-bond acceptors (Lipinski definition) is 5. The Morgan fingerprint density at radius 2 is 2.03 bits per heavy atom. The summed E-state index contributed by atoms with van der Waals surface area (Å²) < 4.78 is 5.61. The molecular weight excluding hydrogens is 392 g/mol. The molecule has 162 valence electrons. The zero-order valence-electron chi connectivity index (χ0n) is 17.1. The van der Waals surface area contributed by atoms with Gasteiger partial charge in [-0.05, 0) is 18.4 Å². The number of carbonyl (C=O) groups excluding carboxylic acids is 3. The van der Waals surface area contributed by atoms with Crippen molar-refractivity contribution in [2.45, 2.75) is 44.4 Å². The van der Waals surface area contributed by atoms with Crippen molar-refractivity contribution in [3.63, 3.8) is 0 Å². The maximum Gasteiger partial charge on any atom is 0.412 e. The lowest BCUT2D eigenvalue weighted by atomic mass is 9.88. The number of hydrogen-bond donors (Lipinski definition) is 3. The second kappa shape index (κ2) is 7.85. The summed E-state index contributed by atoms with van der Waals surface area (Å²) in [5.74, 6) is -1.25. The van der Waals surface area contributed by atoms with Gasteiger partial charge in [-0.15, -0.1) is 0 Å². The number of amides is 4. The van der Waals surface area contributed by atoms with E-state index in [1.807, 2.05) is 13.8 Å². The third-order valence-corrected chi connectivity index (χ3v) is 5.63. The molecule has 10 heteroatoms. The molecule has 4 amide bonds. The Kier molecular flexibility index (Phi) is 5.60. The van der Waals surface area contributed by atoms with Crippen molar-refractivity contribution in [3.05, 3.63) is 29.8 Å². The Hall–Kier alpha value is -3.30. The average Bonchev–Trinajstić information content (AvgIpc) is 3.05. The summed E-state index contributed by atoms with van der Waals surface area (Å²) in [6.07, 6.45) is -1.66. The molecule has 3 rings (SSSR count). The summed E-state index contributed by atoms with van der Waals surface area (Å²) in [7, 11) is 1.32. The van der Waals surface area contributed by atoms with Crippen LogP contribution in [0.1, 0.15) is 32.3 Å². The van der Waals surface area contributed by atoms with Crippen LogP contribution in [0.5, 0.6) is 0 Å². The van der Waals surface area contributed by atoms with Gasteiger partial charge in [-0.2, -0.15) is 0 Å². The van der Waals surface area contributed by atoms with Crippen LogP contribution < -0.4 is 11.1 Å². The molecule has 2 aliphatic heterocycles. The van der Waals surface area contributed by atoms with Gasteiger partial charge in [-0.25, -0.2) is 9.59 Å². The normalized spacial score (nSPS) is 23.5. The minimum atomic E-state index is -1.25. The SMILES string of the molecule is CC(C)C[C@@H](C(=O)N1C[C@]2(C[C@H]1C(N)=O)OC(=O)Nc1ccccc12)N(C)C(=O)O. The molecule has 4 N–H and O–H groups in total. The predicted molar refractivity (Wildman–Crippen MR) is 107 cm³/mol. The van der Waals surface area contributed by atoms with Crippen molar-refractivity contribution < 1.29 is 29.0 Å². The first-order valence-electron chi connectivity index (χ1n) is 9.71. The van der Waals surface area contributed by atoms with Crippen LogP contribution in [-0.2, 0) is 19.9 Å². The number of anilines is 1. The first-order chi connectivity index (χ1) is 14.1. The maximum absolute atomic E-state index is 13.4. The van der Waals surface area contributed by atoms with E-state index in [1.54, 1.807) is 24.3 Å². The Balaban J connectivity index is 2.01. The molecule has 0 unspecified atom stereocenters. The smallest absolute Gasteiger partial charge is 0.412 e. The number of nitrogens with two attached hydrogens (primary N) is 1. The van der Waals surface area contributed by atoms with Gasteiger partial charge >= 0.3 is 12.2 Å². The Morgan fingerprint density at radius 1 is 1.37 bits per heavy atom. The molecule has 1 fully saturated rings. The summed E-state index contributed by atoms with van der Waals surface area (Å²) in [5, 5.41) is 12.0. The highest BCUT2D eigenvalue weighted by Gasteiger charge is 2.55. The van der Waals surface area contributed by atoms with Crippen molar-refractivity contribution in [2.75, 3.05) is 18.9 Å². The zero-order valence-corrected chi connectivity index (χ0v) is 17.1. The maximum atomic E-state index is 13.4. The molecule has 2 heterocycles. The fraction of sp³-hybridized carbons (Fsp3) is 0.500. The van der Waals surface area contributed by atoms with Crippen LogP contribution in [0.25, 0.3) is 0 Å². The van der Waals surface area contributed by atoms with Crippen LogP contribution in [-0.4, -0.2) is 64.6 Å². The standard InChI is InChI=1S/C20H26N4O6/c1-11(2)8-14(23(3)19(28)29)17(26)24-10-20(9-15(24)16(21)25)12-6-4-5-7-13(12)22-18(27)30-20/h4-7,11,14-15H,8-10H2,1-3H3,(H2,21,25)(H,22,27)(H,28,29)/t14-,15-,20-/m0/s1. The molecule has 1 spiro atoms. The number of carbonyl (C=O) groups is 4. The quantitative estimate of drug-likeness (QED) is 0.662. The molecule has 0 bridgehead atoms. The Labute approximate surface area is 173 Å². The lowest BCUT2D eigenvalue weighted by molar-refractivity contribution is -0.141. The van der Waals surface area contributed by atoms with Crippen LogP contribution in [0.2, 0.25) is 0 Å². The number of rotatable bonds is 5. The topological polar surface area (TPSA) is 142 Å².